The van der Waals surface area contributed by atoms with Crippen molar-refractivity contribution in [3.8, 4) is 0 Å². The predicted molar refractivity (Wildman–Crippen MR) is 98.0 cm³/mol. The van der Waals surface area contributed by atoms with Crippen LogP contribution < -0.4 is 5.32 Å². The molecule has 142 valence electrons. The number of nitrogens with zero attached hydrogens (tertiary/aromatic N) is 2. The largest absolute Gasteiger partial charge is 0.322 e. The van der Waals surface area contributed by atoms with Gasteiger partial charge < -0.3 is 5.32 Å². The molecule has 0 aliphatic heterocycles. The lowest BCUT2D eigenvalue weighted by atomic mass is 9.62. The van der Waals surface area contributed by atoms with E-state index in [-0.39, 0.29) is 5.56 Å². The Morgan fingerprint density at radius 1 is 1.33 bits per heavy atom. The fraction of sp³-hybridized carbons (Fsp3) is 0.524. The first kappa shape index (κ1) is 16.9. The summed E-state index contributed by atoms with van der Waals surface area (Å²) in [7, 11) is 1.54. The lowest BCUT2D eigenvalue weighted by molar-refractivity contribution is 0.101. The van der Waals surface area contributed by atoms with Gasteiger partial charge in [0.15, 0.2) is 0 Å². The van der Waals surface area contributed by atoms with Gasteiger partial charge in [0.25, 0.3) is 12.3 Å². The number of nitrogens with one attached hydrogen (secondary N) is 1. The Labute approximate surface area is 156 Å². The molecule has 3 aliphatic rings. The Bertz CT molecular complexity index is 951. The van der Waals surface area contributed by atoms with Crippen LogP contribution >= 0.6 is 0 Å². The fourth-order valence-corrected chi connectivity index (χ4v) is 6.35. The third-order valence-corrected chi connectivity index (χ3v) is 7.03. The van der Waals surface area contributed by atoms with Crippen LogP contribution in [0.3, 0.4) is 0 Å². The van der Waals surface area contributed by atoms with Crippen molar-refractivity contribution in [1.29, 1.82) is 0 Å². The summed E-state index contributed by atoms with van der Waals surface area (Å²) in [6.07, 6.45) is 0.980. The predicted octanol–water partition coefficient (Wildman–Crippen LogP) is 4.64. The maximum Gasteiger partial charge on any atom is 0.282 e. The minimum absolute atomic E-state index is 0.0603. The van der Waals surface area contributed by atoms with Crippen LogP contribution in [-0.4, -0.2) is 15.7 Å². The van der Waals surface area contributed by atoms with Gasteiger partial charge in [0.05, 0.1) is 5.56 Å². The number of benzene rings is 1. The molecule has 1 N–H and O–H groups in total. The van der Waals surface area contributed by atoms with Gasteiger partial charge in [0.1, 0.15) is 5.69 Å². The number of rotatable bonds is 4. The first-order valence-corrected chi connectivity index (χ1v) is 9.63. The molecule has 0 bridgehead atoms. The zero-order valence-corrected chi connectivity index (χ0v) is 15.7. The van der Waals surface area contributed by atoms with E-state index in [1.165, 1.54) is 28.4 Å². The van der Waals surface area contributed by atoms with E-state index in [9.17, 15) is 13.6 Å². The minimum atomic E-state index is -2.78. The van der Waals surface area contributed by atoms with Crippen LogP contribution in [0.2, 0.25) is 0 Å². The number of hydrogen-bond acceptors (Lipinski definition) is 2. The van der Waals surface area contributed by atoms with Crippen LogP contribution in [0, 0.1) is 17.8 Å². The quantitative estimate of drug-likeness (QED) is 0.851. The van der Waals surface area contributed by atoms with E-state index in [4.69, 9.17) is 0 Å². The van der Waals surface area contributed by atoms with Crippen LogP contribution in [0.15, 0.2) is 24.4 Å². The molecular formula is C21H23F2N3O. The van der Waals surface area contributed by atoms with Gasteiger partial charge in [-0.1, -0.05) is 26.0 Å². The lowest BCUT2D eigenvalue weighted by Crippen LogP contribution is -2.34. The summed E-state index contributed by atoms with van der Waals surface area (Å²) < 4.78 is 27.6. The summed E-state index contributed by atoms with van der Waals surface area (Å²) in [5.74, 6) is 2.14. The maximum absolute atomic E-state index is 13.2. The third kappa shape index (κ3) is 2.01. The van der Waals surface area contributed by atoms with Crippen molar-refractivity contribution in [3.63, 3.8) is 0 Å². The first-order chi connectivity index (χ1) is 12.9. The van der Waals surface area contributed by atoms with Gasteiger partial charge in [0, 0.05) is 24.3 Å². The zero-order valence-electron chi connectivity index (χ0n) is 15.7. The normalized spacial score (nSPS) is 30.0. The van der Waals surface area contributed by atoms with Gasteiger partial charge in [-0.25, -0.2) is 8.78 Å². The number of amides is 1. The highest BCUT2D eigenvalue weighted by molar-refractivity contribution is 6.05. The molecule has 2 saturated carbocycles. The molecule has 1 amide bonds. The zero-order chi connectivity index (χ0) is 19.1. The van der Waals surface area contributed by atoms with E-state index < -0.39 is 18.0 Å². The number of anilines is 1. The minimum Gasteiger partial charge on any atom is -0.322 e. The van der Waals surface area contributed by atoms with E-state index in [1.54, 1.807) is 7.05 Å². The van der Waals surface area contributed by atoms with E-state index in [2.05, 4.69) is 30.3 Å². The summed E-state index contributed by atoms with van der Waals surface area (Å²) in [4.78, 5) is 12.7. The van der Waals surface area contributed by atoms with Gasteiger partial charge in [0.2, 0.25) is 0 Å². The second-order valence-corrected chi connectivity index (χ2v) is 8.56. The molecule has 1 spiro atoms. The van der Waals surface area contributed by atoms with Crippen LogP contribution in [0.4, 0.5) is 14.5 Å². The Morgan fingerprint density at radius 2 is 2.11 bits per heavy atom. The molecule has 5 rings (SSSR count). The maximum atomic E-state index is 13.2. The summed E-state index contributed by atoms with van der Waals surface area (Å²) in [5.41, 5.74) is 3.14. The number of hydrogen-bond donors (Lipinski definition) is 1. The van der Waals surface area contributed by atoms with Crippen LogP contribution in [0.1, 0.15) is 66.2 Å². The number of carbonyl (C=O) groups is 1. The molecule has 0 radical (unpaired) electrons. The van der Waals surface area contributed by atoms with Crippen molar-refractivity contribution in [3.05, 3.63) is 46.8 Å². The van der Waals surface area contributed by atoms with Crippen LogP contribution in [-0.2, 0) is 12.5 Å². The average Bonchev–Trinajstić information content (AvgIpc) is 2.99. The van der Waals surface area contributed by atoms with Gasteiger partial charge in [-0.3, -0.25) is 9.48 Å². The molecule has 2 fully saturated rings. The highest BCUT2D eigenvalue weighted by atomic mass is 19.3. The van der Waals surface area contributed by atoms with Crippen LogP contribution in [0.5, 0.6) is 0 Å². The molecule has 4 nitrogen and oxygen atoms in total. The summed E-state index contributed by atoms with van der Waals surface area (Å²) in [6.45, 7) is 4.60. The average molecular weight is 371 g/mol. The molecule has 0 saturated heterocycles. The molecular weight excluding hydrogens is 348 g/mol. The fourth-order valence-electron chi connectivity index (χ4n) is 6.35. The summed E-state index contributed by atoms with van der Waals surface area (Å²) >= 11 is 0. The smallest absolute Gasteiger partial charge is 0.282 e. The van der Waals surface area contributed by atoms with E-state index >= 15 is 0 Å². The van der Waals surface area contributed by atoms with Crippen LogP contribution in [0.25, 0.3) is 0 Å². The van der Waals surface area contributed by atoms with Crippen molar-refractivity contribution in [2.45, 2.75) is 44.4 Å². The molecule has 4 unspecified atom stereocenters. The Morgan fingerprint density at radius 3 is 2.78 bits per heavy atom. The Hall–Kier alpha value is -2.24. The summed E-state index contributed by atoms with van der Waals surface area (Å²) in [5, 5.41) is 6.63. The molecule has 3 aliphatic carbocycles. The van der Waals surface area contributed by atoms with Crippen molar-refractivity contribution in [2.75, 3.05) is 5.32 Å². The lowest BCUT2D eigenvalue weighted by Gasteiger charge is -2.42. The topological polar surface area (TPSA) is 46.9 Å². The van der Waals surface area contributed by atoms with E-state index in [0.29, 0.717) is 17.3 Å². The van der Waals surface area contributed by atoms with Crippen molar-refractivity contribution in [2.24, 2.45) is 24.8 Å². The number of aryl methyl sites for hydroxylation is 1. The molecule has 27 heavy (non-hydrogen) atoms. The Kier molecular flexibility index (Phi) is 3.38. The highest BCUT2D eigenvalue weighted by Gasteiger charge is 2.77. The van der Waals surface area contributed by atoms with E-state index in [1.807, 2.05) is 12.1 Å². The number of halogens is 2. The monoisotopic (exact) mass is 371 g/mol. The number of aromatic nitrogens is 2. The van der Waals surface area contributed by atoms with Gasteiger partial charge >= 0.3 is 0 Å². The number of carbonyl (C=O) groups excluding carboxylic acids is 1. The molecule has 1 aromatic carbocycles. The molecule has 6 heteroatoms. The third-order valence-electron chi connectivity index (χ3n) is 7.03. The van der Waals surface area contributed by atoms with Crippen molar-refractivity contribution >= 4 is 11.6 Å². The Balaban J connectivity index is 1.47. The standard InChI is InChI=1S/C21H23F2N3O/c1-10(2)17-14-8-7-13-16-12(21(13,14)17)5-4-6-15(16)24-20(27)11-9-26(3)25-18(11)19(22)23/h4-6,9-10,13-14,17,19H,7-8H2,1-3H3,(H,24,27). The molecule has 1 heterocycles. The highest BCUT2D eigenvalue weighted by Crippen LogP contribution is 2.82. The SMILES string of the molecule is CC(C)C1C2CCC3c4c(NC(=O)c5cn(C)nc5C(F)F)cccc4C321. The molecule has 4 atom stereocenters. The van der Waals surface area contributed by atoms with Gasteiger partial charge in [-0.05, 0) is 53.7 Å². The molecule has 1 aromatic heterocycles. The van der Waals surface area contributed by atoms with E-state index in [0.717, 1.165) is 23.9 Å². The second-order valence-electron chi connectivity index (χ2n) is 8.56. The number of alkyl halides is 2. The number of fused-ring (bicyclic) bond motifs is 2. The van der Waals surface area contributed by atoms with Gasteiger partial charge in [-0.15, -0.1) is 0 Å². The van der Waals surface area contributed by atoms with Gasteiger partial charge in [-0.2, -0.15) is 5.10 Å². The first-order valence-electron chi connectivity index (χ1n) is 9.63. The molecule has 2 aromatic rings. The van der Waals surface area contributed by atoms with Crippen molar-refractivity contribution < 1.29 is 13.6 Å². The summed E-state index contributed by atoms with van der Waals surface area (Å²) in [6, 6.07) is 6.06. The second kappa shape index (κ2) is 5.40. The van der Waals surface area contributed by atoms with Crippen molar-refractivity contribution in [1.82, 2.24) is 9.78 Å².